The van der Waals surface area contributed by atoms with Crippen molar-refractivity contribution in [2.45, 2.75) is 43.9 Å². The molecule has 128 valence electrons. The van der Waals surface area contributed by atoms with Gasteiger partial charge in [0.15, 0.2) is 0 Å². The molecule has 0 aliphatic carbocycles. The molecule has 0 unspecified atom stereocenters. The molecule has 0 saturated carbocycles. The molecule has 24 heavy (non-hydrogen) atoms. The Balaban J connectivity index is 2.18. The molecule has 1 aliphatic heterocycles. The molecule has 0 amide bonds. The van der Waals surface area contributed by atoms with E-state index in [-0.39, 0.29) is 5.75 Å². The minimum Gasteiger partial charge on any atom is -0.202 e. The van der Waals surface area contributed by atoms with Gasteiger partial charge >= 0.3 is 0 Å². The van der Waals surface area contributed by atoms with Crippen molar-refractivity contribution in [3.63, 3.8) is 0 Å². The maximum absolute atomic E-state index is 12.3. The molecule has 0 bridgehead atoms. The van der Waals surface area contributed by atoms with Crippen LogP contribution in [0.4, 0.5) is 11.4 Å². The van der Waals surface area contributed by atoms with Crippen molar-refractivity contribution in [1.29, 1.82) is 0 Å². The minimum atomic E-state index is -3.64. The molecule has 0 atom stereocenters. The second-order valence-electron chi connectivity index (χ2n) is 6.13. The Morgan fingerprint density at radius 3 is 2.50 bits per heavy atom. The van der Waals surface area contributed by atoms with Gasteiger partial charge in [0.1, 0.15) is 0 Å². The lowest BCUT2D eigenvalue weighted by Crippen LogP contribution is -2.27. The van der Waals surface area contributed by atoms with Crippen LogP contribution in [0, 0.1) is 20.8 Å². The van der Waals surface area contributed by atoms with Gasteiger partial charge in [-0.25, -0.2) is 5.06 Å². The van der Waals surface area contributed by atoms with E-state index >= 15 is 0 Å². The second-order valence-corrected chi connectivity index (χ2v) is 8.89. The van der Waals surface area contributed by atoms with Gasteiger partial charge in [0, 0.05) is 9.79 Å². The highest BCUT2D eigenvalue weighted by Gasteiger charge is 2.30. The fourth-order valence-electron chi connectivity index (χ4n) is 2.85. The molecular formula is C18H21NO3S2. The van der Waals surface area contributed by atoms with Crippen molar-refractivity contribution in [3.05, 3.63) is 47.0 Å². The van der Waals surface area contributed by atoms with Gasteiger partial charge in [0.05, 0.1) is 17.1 Å². The molecule has 4 nitrogen and oxygen atoms in total. The van der Waals surface area contributed by atoms with Gasteiger partial charge in [-0.3, -0.25) is 0 Å². The first-order valence-corrected chi connectivity index (χ1v) is 10.3. The average Bonchev–Trinajstić information content (AvgIpc) is 2.46. The Bertz CT molecular complexity index is 891. The third kappa shape index (κ3) is 3.31. The van der Waals surface area contributed by atoms with Gasteiger partial charge in [0.25, 0.3) is 10.1 Å². The summed E-state index contributed by atoms with van der Waals surface area (Å²) in [6.07, 6.45) is 0.519. The molecule has 0 saturated heterocycles. The van der Waals surface area contributed by atoms with Gasteiger partial charge in [-0.1, -0.05) is 30.8 Å². The predicted molar refractivity (Wildman–Crippen MR) is 98.5 cm³/mol. The zero-order chi connectivity index (χ0) is 17.5. The number of rotatable bonds is 4. The molecule has 2 aromatic rings. The summed E-state index contributed by atoms with van der Waals surface area (Å²) in [5.41, 5.74) is 4.79. The molecule has 1 heterocycles. The summed E-state index contributed by atoms with van der Waals surface area (Å²) < 4.78 is 30.2. The van der Waals surface area contributed by atoms with Gasteiger partial charge < -0.3 is 0 Å². The standard InChI is InChI=1S/C18H21NO3S2/c1-5-8-24(20,21)22-19-15-10-12(2)6-7-16(15)23-17-11-13(3)9-14(4)18(17)19/h6-7,9-11H,5,8H2,1-4H3. The lowest BCUT2D eigenvalue weighted by atomic mass is 10.1. The highest BCUT2D eigenvalue weighted by molar-refractivity contribution is 7.99. The zero-order valence-corrected chi connectivity index (χ0v) is 15.9. The van der Waals surface area contributed by atoms with Crippen molar-refractivity contribution in [1.82, 2.24) is 0 Å². The van der Waals surface area contributed by atoms with E-state index < -0.39 is 10.1 Å². The molecule has 2 aromatic carbocycles. The van der Waals surface area contributed by atoms with Crippen molar-refractivity contribution >= 4 is 33.3 Å². The van der Waals surface area contributed by atoms with E-state index in [1.807, 2.05) is 52.0 Å². The molecule has 0 fully saturated rings. The van der Waals surface area contributed by atoms with Crippen LogP contribution in [0.1, 0.15) is 30.0 Å². The second kappa shape index (κ2) is 6.43. The Labute approximate surface area is 147 Å². The fourth-order valence-corrected chi connectivity index (χ4v) is 5.01. The first kappa shape index (κ1) is 17.3. The topological polar surface area (TPSA) is 46.6 Å². The van der Waals surface area contributed by atoms with Gasteiger partial charge in [-0.15, -0.1) is 4.28 Å². The Morgan fingerprint density at radius 2 is 1.79 bits per heavy atom. The third-order valence-electron chi connectivity index (χ3n) is 3.81. The zero-order valence-electron chi connectivity index (χ0n) is 14.3. The number of anilines is 2. The normalized spacial score (nSPS) is 13.6. The number of hydrogen-bond acceptors (Lipinski definition) is 5. The van der Waals surface area contributed by atoms with Crippen LogP contribution >= 0.6 is 11.8 Å². The van der Waals surface area contributed by atoms with E-state index in [9.17, 15) is 8.42 Å². The molecule has 6 heteroatoms. The van der Waals surface area contributed by atoms with Crippen LogP contribution in [0.3, 0.4) is 0 Å². The third-order valence-corrected chi connectivity index (χ3v) is 6.19. The Kier molecular flexibility index (Phi) is 4.64. The van der Waals surface area contributed by atoms with Gasteiger partial charge in [-0.05, 0) is 62.1 Å². The lowest BCUT2D eigenvalue weighted by Gasteiger charge is -2.32. The van der Waals surface area contributed by atoms with Crippen LogP contribution in [0.5, 0.6) is 0 Å². The summed E-state index contributed by atoms with van der Waals surface area (Å²) in [7, 11) is -3.64. The molecule has 0 spiro atoms. The van der Waals surface area contributed by atoms with Crippen LogP contribution < -0.4 is 5.06 Å². The van der Waals surface area contributed by atoms with E-state index in [0.717, 1.165) is 37.9 Å². The molecule has 0 aromatic heterocycles. The van der Waals surface area contributed by atoms with E-state index in [0.29, 0.717) is 6.42 Å². The van der Waals surface area contributed by atoms with Crippen LogP contribution in [0.15, 0.2) is 40.1 Å². The largest absolute Gasteiger partial charge is 0.288 e. The molecular weight excluding hydrogens is 342 g/mol. The van der Waals surface area contributed by atoms with E-state index in [1.54, 1.807) is 11.8 Å². The van der Waals surface area contributed by atoms with E-state index in [2.05, 4.69) is 6.07 Å². The number of aryl methyl sites for hydroxylation is 3. The Morgan fingerprint density at radius 1 is 1.04 bits per heavy atom. The maximum atomic E-state index is 12.3. The molecule has 1 aliphatic rings. The number of benzene rings is 2. The summed E-state index contributed by atoms with van der Waals surface area (Å²) in [6.45, 7) is 7.84. The molecule has 3 rings (SSSR count). The smallest absolute Gasteiger partial charge is 0.202 e. The summed E-state index contributed by atoms with van der Waals surface area (Å²) in [6, 6.07) is 10.1. The van der Waals surface area contributed by atoms with Crippen LogP contribution in [-0.4, -0.2) is 14.2 Å². The summed E-state index contributed by atoms with van der Waals surface area (Å²) in [5.74, 6) is -0.00195. The highest BCUT2D eigenvalue weighted by Crippen LogP contribution is 2.50. The molecule has 0 N–H and O–H groups in total. The van der Waals surface area contributed by atoms with Gasteiger partial charge in [-0.2, -0.15) is 8.42 Å². The summed E-state index contributed by atoms with van der Waals surface area (Å²) >= 11 is 1.65. The van der Waals surface area contributed by atoms with E-state index in [4.69, 9.17) is 4.28 Å². The lowest BCUT2D eigenvalue weighted by molar-refractivity contribution is 0.319. The fraction of sp³-hybridized carbons (Fsp3) is 0.333. The van der Waals surface area contributed by atoms with E-state index in [1.165, 1.54) is 5.06 Å². The van der Waals surface area contributed by atoms with Gasteiger partial charge in [0.2, 0.25) is 0 Å². The first-order chi connectivity index (χ1) is 11.3. The number of fused-ring (bicyclic) bond motifs is 2. The molecule has 0 radical (unpaired) electrons. The Hall–Kier alpha value is -1.50. The number of hydrogen-bond donors (Lipinski definition) is 0. The average molecular weight is 364 g/mol. The van der Waals surface area contributed by atoms with Crippen LogP contribution in [0.2, 0.25) is 0 Å². The van der Waals surface area contributed by atoms with Crippen molar-refractivity contribution in [3.8, 4) is 0 Å². The predicted octanol–water partition coefficient (Wildman–Crippen LogP) is 4.89. The monoisotopic (exact) mass is 363 g/mol. The summed E-state index contributed by atoms with van der Waals surface area (Å²) in [4.78, 5) is 2.00. The van der Waals surface area contributed by atoms with Crippen molar-refractivity contribution in [2.24, 2.45) is 0 Å². The maximum Gasteiger partial charge on any atom is 0.288 e. The number of nitrogens with zero attached hydrogens (tertiary/aromatic N) is 1. The SMILES string of the molecule is CCCS(=O)(=O)ON1c2cc(C)ccc2Sc2cc(C)cc(C)c21. The first-order valence-electron chi connectivity index (χ1n) is 7.93. The summed E-state index contributed by atoms with van der Waals surface area (Å²) in [5, 5.41) is 1.49. The van der Waals surface area contributed by atoms with Crippen molar-refractivity contribution in [2.75, 3.05) is 10.8 Å². The quantitative estimate of drug-likeness (QED) is 0.774. The minimum absolute atomic E-state index is 0.00195. The van der Waals surface area contributed by atoms with Crippen molar-refractivity contribution < 1.29 is 12.7 Å². The van der Waals surface area contributed by atoms with Crippen LogP contribution in [-0.2, 0) is 14.4 Å². The van der Waals surface area contributed by atoms with Crippen LogP contribution in [0.25, 0.3) is 0 Å². The highest BCUT2D eigenvalue weighted by atomic mass is 32.2.